The number of carbonyl (C=O) groups is 1. The third kappa shape index (κ3) is 6.27. The number of hydrogen-bond donors (Lipinski definition) is 2. The normalized spacial score (nSPS) is 12.2. The Morgan fingerprint density at radius 2 is 1.74 bits per heavy atom. The van der Waals surface area contributed by atoms with Crippen LogP contribution in [-0.4, -0.2) is 20.9 Å². The van der Waals surface area contributed by atoms with Crippen LogP contribution in [0.15, 0.2) is 77.7 Å². The highest BCUT2D eigenvalue weighted by Crippen LogP contribution is 2.21. The minimum Gasteiger partial charge on any atom is -0.484 e. The van der Waals surface area contributed by atoms with E-state index in [9.17, 15) is 17.6 Å². The SMILES string of the molecule is CC(NS(=O)(=O)c1ccc(OCC(=O)Nc2ccc(F)c(Cl)c2)cc1)c1ccccc1. The van der Waals surface area contributed by atoms with E-state index in [0.29, 0.717) is 11.4 Å². The van der Waals surface area contributed by atoms with Crippen LogP contribution < -0.4 is 14.8 Å². The molecule has 0 saturated carbocycles. The molecule has 0 fully saturated rings. The Hall–Kier alpha value is -2.94. The molecule has 1 unspecified atom stereocenters. The maximum atomic E-state index is 13.2. The molecule has 9 heteroatoms. The first-order chi connectivity index (χ1) is 14.7. The average Bonchev–Trinajstić information content (AvgIpc) is 2.75. The number of benzene rings is 3. The van der Waals surface area contributed by atoms with Gasteiger partial charge in [0, 0.05) is 11.7 Å². The second-order valence-corrected chi connectivity index (χ2v) is 8.81. The molecule has 0 saturated heterocycles. The first-order valence-electron chi connectivity index (χ1n) is 9.29. The van der Waals surface area contributed by atoms with Gasteiger partial charge in [-0.15, -0.1) is 0 Å². The molecule has 0 radical (unpaired) electrons. The molecular formula is C22H20ClFN2O4S. The summed E-state index contributed by atoms with van der Waals surface area (Å²) in [6.45, 7) is 1.45. The van der Waals surface area contributed by atoms with Crippen LogP contribution in [0.4, 0.5) is 10.1 Å². The van der Waals surface area contributed by atoms with Gasteiger partial charge >= 0.3 is 0 Å². The Labute approximate surface area is 185 Å². The fourth-order valence-corrected chi connectivity index (χ4v) is 4.16. The molecule has 3 aromatic rings. The zero-order chi connectivity index (χ0) is 22.4. The summed E-state index contributed by atoms with van der Waals surface area (Å²) in [4.78, 5) is 12.1. The van der Waals surface area contributed by atoms with Crippen LogP contribution in [0.1, 0.15) is 18.5 Å². The highest BCUT2D eigenvalue weighted by Gasteiger charge is 2.18. The number of hydrogen-bond acceptors (Lipinski definition) is 4. The van der Waals surface area contributed by atoms with Gasteiger partial charge in [0.05, 0.1) is 9.92 Å². The predicted octanol–water partition coefficient (Wildman–Crippen LogP) is 4.54. The zero-order valence-electron chi connectivity index (χ0n) is 16.5. The van der Waals surface area contributed by atoms with Crippen molar-refractivity contribution in [1.82, 2.24) is 4.72 Å². The maximum absolute atomic E-state index is 13.2. The van der Waals surface area contributed by atoms with Crippen molar-refractivity contribution < 1.29 is 22.3 Å². The molecule has 1 atom stereocenters. The van der Waals surface area contributed by atoms with Gasteiger partial charge in [-0.1, -0.05) is 41.9 Å². The molecule has 2 N–H and O–H groups in total. The third-order valence-corrected chi connectivity index (χ3v) is 6.19. The van der Waals surface area contributed by atoms with Gasteiger partial charge in [-0.3, -0.25) is 4.79 Å². The smallest absolute Gasteiger partial charge is 0.262 e. The van der Waals surface area contributed by atoms with E-state index < -0.39 is 27.8 Å². The average molecular weight is 463 g/mol. The molecule has 1 amide bonds. The number of carbonyl (C=O) groups excluding carboxylic acids is 1. The summed E-state index contributed by atoms with van der Waals surface area (Å²) in [5, 5.41) is 2.43. The fraction of sp³-hybridized carbons (Fsp3) is 0.136. The quantitative estimate of drug-likeness (QED) is 0.515. The highest BCUT2D eigenvalue weighted by atomic mass is 35.5. The summed E-state index contributed by atoms with van der Waals surface area (Å²) in [6, 6.07) is 18.4. The molecule has 3 rings (SSSR count). The van der Waals surface area contributed by atoms with Gasteiger partial charge < -0.3 is 10.1 Å². The molecule has 31 heavy (non-hydrogen) atoms. The van der Waals surface area contributed by atoms with Crippen LogP contribution in [0.5, 0.6) is 5.75 Å². The van der Waals surface area contributed by atoms with Gasteiger partial charge in [0.15, 0.2) is 6.61 Å². The Morgan fingerprint density at radius 3 is 2.39 bits per heavy atom. The summed E-state index contributed by atoms with van der Waals surface area (Å²) in [6.07, 6.45) is 0. The van der Waals surface area contributed by atoms with E-state index in [1.165, 1.54) is 36.4 Å². The van der Waals surface area contributed by atoms with E-state index in [1.807, 2.05) is 30.3 Å². The summed E-state index contributed by atoms with van der Waals surface area (Å²) >= 11 is 5.68. The van der Waals surface area contributed by atoms with Gasteiger partial charge in [0.2, 0.25) is 10.0 Å². The van der Waals surface area contributed by atoms with Gasteiger partial charge in [-0.25, -0.2) is 17.5 Å². The predicted molar refractivity (Wildman–Crippen MR) is 117 cm³/mol. The van der Waals surface area contributed by atoms with Gasteiger partial charge in [0.1, 0.15) is 11.6 Å². The molecule has 0 heterocycles. The number of ether oxygens (including phenoxy) is 1. The van der Waals surface area contributed by atoms with Crippen molar-refractivity contribution in [3.63, 3.8) is 0 Å². The maximum Gasteiger partial charge on any atom is 0.262 e. The van der Waals surface area contributed by atoms with Crippen molar-refractivity contribution in [2.75, 3.05) is 11.9 Å². The molecule has 0 aliphatic carbocycles. The Bertz CT molecular complexity index is 1160. The lowest BCUT2D eigenvalue weighted by molar-refractivity contribution is -0.118. The second-order valence-electron chi connectivity index (χ2n) is 6.69. The molecule has 0 aliphatic heterocycles. The van der Waals surface area contributed by atoms with Crippen LogP contribution in [0.25, 0.3) is 0 Å². The lowest BCUT2D eigenvalue weighted by atomic mass is 10.1. The van der Waals surface area contributed by atoms with E-state index in [0.717, 1.165) is 11.6 Å². The monoisotopic (exact) mass is 462 g/mol. The molecule has 6 nitrogen and oxygen atoms in total. The van der Waals surface area contributed by atoms with E-state index in [1.54, 1.807) is 6.92 Å². The molecule has 0 spiro atoms. The number of rotatable bonds is 8. The van der Waals surface area contributed by atoms with Crippen molar-refractivity contribution in [3.8, 4) is 5.75 Å². The standard InChI is InChI=1S/C22H20ClFN2O4S/c1-15(16-5-3-2-4-6-16)26-31(28,29)19-10-8-18(9-11-19)30-14-22(27)25-17-7-12-21(24)20(23)13-17/h2-13,15,26H,14H2,1H3,(H,25,27). The van der Waals surface area contributed by atoms with Gasteiger partial charge in [-0.2, -0.15) is 0 Å². The lowest BCUT2D eigenvalue weighted by Crippen LogP contribution is -2.26. The van der Waals surface area contributed by atoms with Gasteiger partial charge in [0.25, 0.3) is 5.91 Å². The summed E-state index contributed by atoms with van der Waals surface area (Å²) in [5.41, 5.74) is 1.18. The van der Waals surface area contributed by atoms with Crippen molar-refractivity contribution in [2.45, 2.75) is 17.9 Å². The van der Waals surface area contributed by atoms with Crippen molar-refractivity contribution in [2.24, 2.45) is 0 Å². The van der Waals surface area contributed by atoms with Crippen LogP contribution in [0, 0.1) is 5.82 Å². The Morgan fingerprint density at radius 1 is 1.06 bits per heavy atom. The number of anilines is 1. The summed E-state index contributed by atoms with van der Waals surface area (Å²) < 4.78 is 46.4. The number of halogens is 2. The van der Waals surface area contributed by atoms with Crippen LogP contribution in [0.2, 0.25) is 5.02 Å². The zero-order valence-corrected chi connectivity index (χ0v) is 18.1. The number of sulfonamides is 1. The molecule has 0 bridgehead atoms. The lowest BCUT2D eigenvalue weighted by Gasteiger charge is -2.15. The van der Waals surface area contributed by atoms with E-state index in [-0.39, 0.29) is 16.5 Å². The van der Waals surface area contributed by atoms with Crippen molar-refractivity contribution >= 4 is 33.2 Å². The Balaban J connectivity index is 1.56. The largest absolute Gasteiger partial charge is 0.484 e. The van der Waals surface area contributed by atoms with Crippen LogP contribution in [-0.2, 0) is 14.8 Å². The topological polar surface area (TPSA) is 84.5 Å². The van der Waals surface area contributed by atoms with E-state index in [2.05, 4.69) is 10.0 Å². The molecule has 162 valence electrons. The summed E-state index contributed by atoms with van der Waals surface area (Å²) in [5.74, 6) is -0.737. The van der Waals surface area contributed by atoms with Crippen molar-refractivity contribution in [1.29, 1.82) is 0 Å². The molecular weight excluding hydrogens is 443 g/mol. The fourth-order valence-electron chi connectivity index (χ4n) is 2.75. The molecule has 0 aliphatic rings. The number of nitrogens with one attached hydrogen (secondary N) is 2. The molecule has 0 aromatic heterocycles. The minimum atomic E-state index is -3.73. The number of amides is 1. The van der Waals surface area contributed by atoms with E-state index in [4.69, 9.17) is 16.3 Å². The summed E-state index contributed by atoms with van der Waals surface area (Å²) in [7, 11) is -3.73. The van der Waals surface area contributed by atoms with Crippen LogP contribution >= 0.6 is 11.6 Å². The molecule has 3 aromatic carbocycles. The van der Waals surface area contributed by atoms with Crippen LogP contribution in [0.3, 0.4) is 0 Å². The third-order valence-electron chi connectivity index (χ3n) is 4.34. The second kappa shape index (κ2) is 9.91. The van der Waals surface area contributed by atoms with Crippen molar-refractivity contribution in [3.05, 3.63) is 89.2 Å². The minimum absolute atomic E-state index is 0.0769. The first kappa shape index (κ1) is 22.7. The Kier molecular flexibility index (Phi) is 7.27. The highest BCUT2D eigenvalue weighted by molar-refractivity contribution is 7.89. The van der Waals surface area contributed by atoms with E-state index >= 15 is 0 Å². The van der Waals surface area contributed by atoms with Gasteiger partial charge in [-0.05, 0) is 55.0 Å². The first-order valence-corrected chi connectivity index (χ1v) is 11.2.